The molecule has 0 heterocycles. The molecule has 116 valence electrons. The van der Waals surface area contributed by atoms with Crippen LogP contribution < -0.4 is 10.0 Å². The van der Waals surface area contributed by atoms with Crippen LogP contribution in [0.25, 0.3) is 0 Å². The molecule has 0 amide bonds. The Kier molecular flexibility index (Phi) is 3.94. The third-order valence-electron chi connectivity index (χ3n) is 3.97. The lowest BCUT2D eigenvalue weighted by Gasteiger charge is -2.11. The lowest BCUT2D eigenvalue weighted by molar-refractivity contribution is -0.384. The molecule has 21 heavy (non-hydrogen) atoms. The number of benzene rings is 1. The second kappa shape index (κ2) is 5.27. The van der Waals surface area contributed by atoms with Gasteiger partial charge in [-0.3, -0.25) is 10.1 Å². The van der Waals surface area contributed by atoms with Gasteiger partial charge in [0.25, 0.3) is 5.69 Å². The van der Waals surface area contributed by atoms with E-state index in [2.05, 4.69) is 23.9 Å². The molecule has 0 radical (unpaired) electrons. The summed E-state index contributed by atoms with van der Waals surface area (Å²) in [6.45, 7) is 4.57. The highest BCUT2D eigenvalue weighted by Crippen LogP contribution is 2.51. The van der Waals surface area contributed by atoms with Crippen LogP contribution in [0, 0.1) is 21.4 Å². The number of nitro benzene ring substituents is 1. The smallest absolute Gasteiger partial charge is 0.271 e. The minimum atomic E-state index is -3.69. The summed E-state index contributed by atoms with van der Waals surface area (Å²) in [7, 11) is -2.16. The largest absolute Gasteiger partial charge is 0.387 e. The molecule has 1 aliphatic carbocycles. The highest BCUT2D eigenvalue weighted by molar-refractivity contribution is 7.89. The van der Waals surface area contributed by atoms with Crippen molar-refractivity contribution >= 4 is 21.4 Å². The Morgan fingerprint density at radius 3 is 2.52 bits per heavy atom. The molecule has 2 N–H and O–H groups in total. The molecule has 2 rings (SSSR count). The fourth-order valence-corrected chi connectivity index (χ4v) is 3.55. The van der Waals surface area contributed by atoms with Gasteiger partial charge in [0.05, 0.1) is 10.6 Å². The van der Waals surface area contributed by atoms with Gasteiger partial charge in [-0.1, -0.05) is 13.8 Å². The highest BCUT2D eigenvalue weighted by Gasteiger charge is 2.45. The molecule has 1 aromatic rings. The van der Waals surface area contributed by atoms with Crippen LogP contribution in [0.4, 0.5) is 11.4 Å². The van der Waals surface area contributed by atoms with Crippen molar-refractivity contribution in [1.29, 1.82) is 0 Å². The fraction of sp³-hybridized carbons (Fsp3) is 0.538. The van der Waals surface area contributed by atoms with Gasteiger partial charge < -0.3 is 5.32 Å². The maximum absolute atomic E-state index is 12.3. The van der Waals surface area contributed by atoms with Gasteiger partial charge in [-0.15, -0.1) is 0 Å². The monoisotopic (exact) mass is 313 g/mol. The zero-order valence-electron chi connectivity index (χ0n) is 12.2. The van der Waals surface area contributed by atoms with Gasteiger partial charge in [0.15, 0.2) is 0 Å². The molecule has 1 aromatic carbocycles. The minimum absolute atomic E-state index is 0.0223. The Bertz CT molecular complexity index is 670. The maximum Gasteiger partial charge on any atom is 0.271 e. The zero-order chi connectivity index (χ0) is 15.8. The third-order valence-corrected chi connectivity index (χ3v) is 5.45. The summed E-state index contributed by atoms with van der Waals surface area (Å²) in [4.78, 5) is 10.2. The maximum atomic E-state index is 12.3. The van der Waals surface area contributed by atoms with Gasteiger partial charge in [0, 0.05) is 25.7 Å². The molecule has 1 saturated carbocycles. The summed E-state index contributed by atoms with van der Waals surface area (Å²) in [5.41, 5.74) is 0.248. The van der Waals surface area contributed by atoms with Gasteiger partial charge in [0.1, 0.15) is 4.90 Å². The average molecular weight is 313 g/mol. The van der Waals surface area contributed by atoms with Crippen molar-refractivity contribution in [1.82, 2.24) is 4.72 Å². The Balaban J connectivity index is 2.21. The molecule has 1 fully saturated rings. The number of hydrogen-bond donors (Lipinski definition) is 2. The minimum Gasteiger partial charge on any atom is -0.387 e. The number of nitrogens with zero attached hydrogens (tertiary/aromatic N) is 1. The van der Waals surface area contributed by atoms with E-state index < -0.39 is 14.9 Å². The molecule has 8 heteroatoms. The van der Waals surface area contributed by atoms with Crippen LogP contribution in [0.2, 0.25) is 0 Å². The van der Waals surface area contributed by atoms with Crippen LogP contribution in [-0.2, 0) is 10.0 Å². The van der Waals surface area contributed by atoms with E-state index in [1.807, 2.05) is 0 Å². The summed E-state index contributed by atoms with van der Waals surface area (Å²) in [6.07, 6.45) is 0.995. The van der Waals surface area contributed by atoms with Gasteiger partial charge in [-0.25, -0.2) is 13.1 Å². The quantitative estimate of drug-likeness (QED) is 0.617. The molecule has 1 atom stereocenters. The molecule has 7 nitrogen and oxygen atoms in total. The Labute approximate surface area is 123 Å². The van der Waals surface area contributed by atoms with Crippen LogP contribution in [0.3, 0.4) is 0 Å². The summed E-state index contributed by atoms with van der Waals surface area (Å²) >= 11 is 0. The number of non-ortho nitro benzene ring substituents is 1. The summed E-state index contributed by atoms with van der Waals surface area (Å²) in [5.74, 6) is 0.336. The van der Waals surface area contributed by atoms with Crippen molar-refractivity contribution in [3.63, 3.8) is 0 Å². The van der Waals surface area contributed by atoms with Gasteiger partial charge in [-0.05, 0) is 23.8 Å². The van der Waals surface area contributed by atoms with Crippen LogP contribution in [0.15, 0.2) is 23.1 Å². The molecular formula is C13H19N3O4S. The van der Waals surface area contributed by atoms with Crippen molar-refractivity contribution in [2.24, 2.45) is 11.3 Å². The molecule has 1 aliphatic rings. The van der Waals surface area contributed by atoms with Crippen molar-refractivity contribution in [3.8, 4) is 0 Å². The van der Waals surface area contributed by atoms with Crippen molar-refractivity contribution in [3.05, 3.63) is 28.3 Å². The van der Waals surface area contributed by atoms with E-state index in [0.29, 0.717) is 12.5 Å². The number of anilines is 1. The number of hydrogen-bond acceptors (Lipinski definition) is 5. The predicted octanol–water partition coefficient (Wildman–Crippen LogP) is 1.96. The molecule has 0 spiro atoms. The Morgan fingerprint density at radius 1 is 1.43 bits per heavy atom. The average Bonchev–Trinajstić information content (AvgIpc) is 3.03. The van der Waals surface area contributed by atoms with E-state index in [1.165, 1.54) is 25.2 Å². The first-order valence-corrected chi connectivity index (χ1v) is 8.11. The lowest BCUT2D eigenvalue weighted by Crippen LogP contribution is -2.27. The topological polar surface area (TPSA) is 101 Å². The van der Waals surface area contributed by atoms with E-state index in [1.54, 1.807) is 0 Å². The van der Waals surface area contributed by atoms with Crippen LogP contribution >= 0.6 is 0 Å². The molecular weight excluding hydrogens is 294 g/mol. The van der Waals surface area contributed by atoms with Gasteiger partial charge in [-0.2, -0.15) is 0 Å². The third kappa shape index (κ3) is 3.33. The van der Waals surface area contributed by atoms with Crippen molar-refractivity contribution < 1.29 is 13.3 Å². The van der Waals surface area contributed by atoms with Gasteiger partial charge in [0.2, 0.25) is 10.0 Å². The van der Waals surface area contributed by atoms with E-state index in [0.717, 1.165) is 6.42 Å². The van der Waals surface area contributed by atoms with E-state index in [4.69, 9.17) is 0 Å². The summed E-state index contributed by atoms with van der Waals surface area (Å²) in [5, 5.41) is 13.4. The van der Waals surface area contributed by atoms with E-state index in [9.17, 15) is 18.5 Å². The normalized spacial score (nSPS) is 20.0. The second-order valence-corrected chi connectivity index (χ2v) is 7.66. The predicted molar refractivity (Wildman–Crippen MR) is 79.7 cm³/mol. The fourth-order valence-electron chi connectivity index (χ4n) is 2.27. The zero-order valence-corrected chi connectivity index (χ0v) is 13.0. The number of nitro groups is 1. The summed E-state index contributed by atoms with van der Waals surface area (Å²) < 4.78 is 27.2. The number of sulfonamides is 1. The van der Waals surface area contributed by atoms with Crippen molar-refractivity contribution in [2.45, 2.75) is 25.2 Å². The first-order valence-electron chi connectivity index (χ1n) is 6.63. The molecule has 0 saturated heterocycles. The molecule has 1 unspecified atom stereocenters. The Hall–Kier alpha value is -1.67. The standard InChI is InChI=1S/C13H19N3O4S/c1-13(2)7-9(13)8-15-21(19,20)12-5-4-10(16(17)18)6-11(12)14-3/h4-6,9,14-15H,7-8H2,1-3H3. The first-order chi connectivity index (χ1) is 9.67. The van der Waals surface area contributed by atoms with E-state index >= 15 is 0 Å². The van der Waals surface area contributed by atoms with E-state index in [-0.39, 0.29) is 21.7 Å². The SMILES string of the molecule is CNc1cc([N+](=O)[O-])ccc1S(=O)(=O)NCC1CC1(C)C. The first kappa shape index (κ1) is 15.7. The van der Waals surface area contributed by atoms with Crippen LogP contribution in [0.5, 0.6) is 0 Å². The van der Waals surface area contributed by atoms with Crippen molar-refractivity contribution in [2.75, 3.05) is 18.9 Å². The lowest BCUT2D eigenvalue weighted by atomic mass is 10.1. The second-order valence-electron chi connectivity index (χ2n) is 5.93. The van der Waals surface area contributed by atoms with Gasteiger partial charge >= 0.3 is 0 Å². The molecule has 0 bridgehead atoms. The van der Waals surface area contributed by atoms with Crippen LogP contribution in [-0.4, -0.2) is 26.9 Å². The number of rotatable bonds is 6. The molecule has 0 aromatic heterocycles. The summed E-state index contributed by atoms with van der Waals surface area (Å²) in [6, 6.07) is 3.66. The number of nitrogens with one attached hydrogen (secondary N) is 2. The molecule has 0 aliphatic heterocycles. The Morgan fingerprint density at radius 2 is 2.05 bits per heavy atom. The van der Waals surface area contributed by atoms with Crippen LogP contribution in [0.1, 0.15) is 20.3 Å². The highest BCUT2D eigenvalue weighted by atomic mass is 32.2.